The summed E-state index contributed by atoms with van der Waals surface area (Å²) in [5.74, 6) is 0.700. The molecule has 1 aromatic carbocycles. The van der Waals surface area contributed by atoms with Gasteiger partial charge < -0.3 is 24.3 Å². The molecule has 158 valence electrons. The second kappa shape index (κ2) is 11.8. The highest BCUT2D eigenvalue weighted by molar-refractivity contribution is 5.84. The molecule has 1 amide bonds. The molecule has 0 saturated carbocycles. The standard InChI is InChI=1S/C21H28N2O6/c1-15(2)28-14-22-9-5-3-4-6-10-23-20(25)13-27-16-7-8-17-18(24)12-21(26)29-19(17)11-16/h7-8,11-12,22,24H,1,3-6,9-10,13-14H2,2H3,(H,23,25). The highest BCUT2D eigenvalue weighted by Gasteiger charge is 2.07. The Bertz CT molecular complexity index is 877. The van der Waals surface area contributed by atoms with Gasteiger partial charge in [0.1, 0.15) is 23.8 Å². The Morgan fingerprint density at radius 1 is 1.17 bits per heavy atom. The first-order chi connectivity index (χ1) is 14.0. The van der Waals surface area contributed by atoms with Gasteiger partial charge in [0, 0.05) is 12.6 Å². The average Bonchev–Trinajstić information content (AvgIpc) is 2.67. The number of fused-ring (bicyclic) bond motifs is 1. The van der Waals surface area contributed by atoms with Gasteiger partial charge in [0.05, 0.1) is 17.2 Å². The van der Waals surface area contributed by atoms with Gasteiger partial charge in [-0.3, -0.25) is 10.1 Å². The number of allylic oxidation sites excluding steroid dienone is 1. The van der Waals surface area contributed by atoms with Crippen LogP contribution in [-0.4, -0.2) is 37.4 Å². The Morgan fingerprint density at radius 2 is 1.93 bits per heavy atom. The highest BCUT2D eigenvalue weighted by atomic mass is 16.5. The summed E-state index contributed by atoms with van der Waals surface area (Å²) >= 11 is 0. The lowest BCUT2D eigenvalue weighted by Crippen LogP contribution is -2.29. The van der Waals surface area contributed by atoms with Crippen molar-refractivity contribution in [1.29, 1.82) is 0 Å². The third-order valence-electron chi connectivity index (χ3n) is 4.09. The van der Waals surface area contributed by atoms with Crippen LogP contribution in [-0.2, 0) is 9.53 Å². The van der Waals surface area contributed by atoms with E-state index >= 15 is 0 Å². The van der Waals surface area contributed by atoms with Gasteiger partial charge in [-0.25, -0.2) is 4.79 Å². The average molecular weight is 404 g/mol. The maximum absolute atomic E-state index is 11.9. The second-order valence-electron chi connectivity index (χ2n) is 6.65. The van der Waals surface area contributed by atoms with Crippen molar-refractivity contribution in [2.75, 3.05) is 26.4 Å². The third kappa shape index (κ3) is 8.27. The van der Waals surface area contributed by atoms with Crippen LogP contribution in [0.15, 0.2) is 45.8 Å². The Hall–Kier alpha value is -3.00. The molecule has 0 fully saturated rings. The molecule has 0 aliphatic heterocycles. The van der Waals surface area contributed by atoms with Gasteiger partial charge >= 0.3 is 5.63 Å². The zero-order valence-corrected chi connectivity index (χ0v) is 16.7. The van der Waals surface area contributed by atoms with Crippen molar-refractivity contribution in [3.63, 3.8) is 0 Å². The summed E-state index contributed by atoms with van der Waals surface area (Å²) in [4.78, 5) is 23.2. The van der Waals surface area contributed by atoms with Gasteiger partial charge in [-0.1, -0.05) is 19.4 Å². The van der Waals surface area contributed by atoms with Gasteiger partial charge in [-0.15, -0.1) is 0 Å². The summed E-state index contributed by atoms with van der Waals surface area (Å²) in [6.07, 6.45) is 4.04. The van der Waals surface area contributed by atoms with Crippen molar-refractivity contribution in [3.05, 3.63) is 47.0 Å². The first-order valence-electron chi connectivity index (χ1n) is 9.61. The molecule has 0 spiro atoms. The van der Waals surface area contributed by atoms with Crippen LogP contribution in [0.2, 0.25) is 0 Å². The van der Waals surface area contributed by atoms with E-state index in [4.69, 9.17) is 13.9 Å². The molecule has 1 aromatic heterocycles. The minimum absolute atomic E-state index is 0.138. The van der Waals surface area contributed by atoms with Gasteiger partial charge in [0.2, 0.25) is 0 Å². The van der Waals surface area contributed by atoms with Gasteiger partial charge in [-0.05, 0) is 38.4 Å². The molecule has 8 heteroatoms. The Balaban J connectivity index is 1.58. The quantitative estimate of drug-likeness (QED) is 0.204. The minimum atomic E-state index is -0.652. The smallest absolute Gasteiger partial charge is 0.339 e. The third-order valence-corrected chi connectivity index (χ3v) is 4.09. The molecule has 0 atom stereocenters. The fourth-order valence-corrected chi connectivity index (χ4v) is 2.62. The number of hydrogen-bond donors (Lipinski definition) is 3. The van der Waals surface area contributed by atoms with E-state index in [2.05, 4.69) is 17.2 Å². The van der Waals surface area contributed by atoms with Crippen LogP contribution in [0.1, 0.15) is 32.6 Å². The number of rotatable bonds is 13. The number of ether oxygens (including phenoxy) is 2. The molecule has 0 aliphatic carbocycles. The summed E-state index contributed by atoms with van der Waals surface area (Å²) in [6.45, 7) is 7.29. The number of benzene rings is 1. The number of unbranched alkanes of at least 4 members (excludes halogenated alkanes) is 3. The molecule has 29 heavy (non-hydrogen) atoms. The normalized spacial score (nSPS) is 10.7. The van der Waals surface area contributed by atoms with E-state index in [1.54, 1.807) is 12.1 Å². The number of hydrogen-bond acceptors (Lipinski definition) is 7. The molecule has 1 heterocycles. The van der Waals surface area contributed by atoms with Gasteiger partial charge in [0.25, 0.3) is 5.91 Å². The predicted octanol–water partition coefficient (Wildman–Crippen LogP) is 2.65. The summed E-state index contributed by atoms with van der Waals surface area (Å²) in [6, 6.07) is 5.65. The summed E-state index contributed by atoms with van der Waals surface area (Å²) in [7, 11) is 0. The first kappa shape index (κ1) is 22.3. The molecule has 0 bridgehead atoms. The van der Waals surface area contributed by atoms with E-state index in [0.29, 0.717) is 30.2 Å². The highest BCUT2D eigenvalue weighted by Crippen LogP contribution is 2.26. The van der Waals surface area contributed by atoms with E-state index in [1.165, 1.54) is 6.07 Å². The lowest BCUT2D eigenvalue weighted by molar-refractivity contribution is -0.123. The van der Waals surface area contributed by atoms with E-state index in [9.17, 15) is 14.7 Å². The molecular formula is C21H28N2O6. The van der Waals surface area contributed by atoms with Crippen molar-refractivity contribution in [2.24, 2.45) is 0 Å². The molecule has 0 unspecified atom stereocenters. The SMILES string of the molecule is C=C(C)OCNCCCCCCNC(=O)COc1ccc2c(O)cc(=O)oc2c1. The number of nitrogens with one attached hydrogen (secondary N) is 2. The molecule has 0 saturated heterocycles. The fraction of sp³-hybridized carbons (Fsp3) is 0.429. The van der Waals surface area contributed by atoms with Crippen LogP contribution < -0.4 is 21.0 Å². The molecule has 0 aliphatic rings. The van der Waals surface area contributed by atoms with Crippen LogP contribution in [0.4, 0.5) is 0 Å². The number of aromatic hydroxyl groups is 1. The van der Waals surface area contributed by atoms with Crippen molar-refractivity contribution < 1.29 is 23.8 Å². The predicted molar refractivity (Wildman–Crippen MR) is 110 cm³/mol. The van der Waals surface area contributed by atoms with Gasteiger partial charge in [-0.2, -0.15) is 0 Å². The van der Waals surface area contributed by atoms with E-state index < -0.39 is 5.63 Å². The van der Waals surface area contributed by atoms with Crippen molar-refractivity contribution in [2.45, 2.75) is 32.6 Å². The molecule has 2 aromatic rings. The van der Waals surface area contributed by atoms with Crippen LogP contribution in [0.5, 0.6) is 11.5 Å². The topological polar surface area (TPSA) is 110 Å². The fourth-order valence-electron chi connectivity index (χ4n) is 2.62. The number of amides is 1. The molecule has 2 rings (SSSR count). The minimum Gasteiger partial charge on any atom is -0.507 e. The zero-order chi connectivity index (χ0) is 21.1. The zero-order valence-electron chi connectivity index (χ0n) is 16.7. The van der Waals surface area contributed by atoms with Gasteiger partial charge in [0.15, 0.2) is 6.61 Å². The van der Waals surface area contributed by atoms with Crippen molar-refractivity contribution in [1.82, 2.24) is 10.6 Å². The van der Waals surface area contributed by atoms with Crippen LogP contribution in [0.3, 0.4) is 0 Å². The van der Waals surface area contributed by atoms with Crippen LogP contribution in [0.25, 0.3) is 11.0 Å². The Morgan fingerprint density at radius 3 is 2.69 bits per heavy atom. The molecule has 0 radical (unpaired) electrons. The second-order valence-corrected chi connectivity index (χ2v) is 6.65. The summed E-state index contributed by atoms with van der Waals surface area (Å²) < 4.78 is 15.7. The monoisotopic (exact) mass is 404 g/mol. The maximum atomic E-state index is 11.9. The maximum Gasteiger partial charge on any atom is 0.339 e. The Kier molecular flexibility index (Phi) is 9.04. The Labute approximate surface area is 169 Å². The van der Waals surface area contributed by atoms with E-state index in [0.717, 1.165) is 38.3 Å². The largest absolute Gasteiger partial charge is 0.507 e. The van der Waals surface area contributed by atoms with Crippen LogP contribution >= 0.6 is 0 Å². The van der Waals surface area contributed by atoms with E-state index in [-0.39, 0.29) is 23.8 Å². The first-order valence-corrected chi connectivity index (χ1v) is 9.61. The van der Waals surface area contributed by atoms with Crippen LogP contribution in [0, 0.1) is 0 Å². The number of carbonyl (C=O) groups excluding carboxylic acids is 1. The number of carbonyl (C=O) groups is 1. The molecular weight excluding hydrogens is 376 g/mol. The van der Waals surface area contributed by atoms with E-state index in [1.807, 2.05) is 6.92 Å². The molecule has 3 N–H and O–H groups in total. The van der Waals surface area contributed by atoms with Crippen molar-refractivity contribution >= 4 is 16.9 Å². The lowest BCUT2D eigenvalue weighted by atomic mass is 10.2. The summed E-state index contributed by atoms with van der Waals surface area (Å²) in [5.41, 5.74) is -0.450. The van der Waals surface area contributed by atoms with Crippen molar-refractivity contribution in [3.8, 4) is 11.5 Å². The summed E-state index contributed by atoms with van der Waals surface area (Å²) in [5, 5.41) is 16.1. The molecule has 8 nitrogen and oxygen atoms in total. The lowest BCUT2D eigenvalue weighted by Gasteiger charge is -2.09.